The van der Waals surface area contributed by atoms with Gasteiger partial charge in [-0.05, 0) is 26.0 Å². The summed E-state index contributed by atoms with van der Waals surface area (Å²) in [6.07, 6.45) is 0.250. The number of para-hydroxylation sites is 1. The molecule has 0 unspecified atom stereocenters. The number of hydrogen-bond acceptors (Lipinski definition) is 3. The fourth-order valence-electron chi connectivity index (χ4n) is 1.65. The first kappa shape index (κ1) is 13.8. The fourth-order valence-corrected chi connectivity index (χ4v) is 1.65. The van der Waals surface area contributed by atoms with Gasteiger partial charge in [-0.15, -0.1) is 0 Å². The van der Waals surface area contributed by atoms with Crippen LogP contribution in [-0.4, -0.2) is 23.2 Å². The van der Waals surface area contributed by atoms with E-state index in [0.29, 0.717) is 0 Å². The summed E-state index contributed by atoms with van der Waals surface area (Å²) in [6.45, 7) is 4.10. The average molecular weight is 246 g/mol. The molecule has 2 rings (SSSR count). The van der Waals surface area contributed by atoms with E-state index in [4.69, 9.17) is 4.79 Å². The lowest BCUT2D eigenvalue weighted by Gasteiger charge is -2.06. The summed E-state index contributed by atoms with van der Waals surface area (Å²) in [5, 5.41) is 7.69. The molecule has 0 bridgehead atoms. The minimum Gasteiger partial charge on any atom is -0.373 e. The standard InChI is InChI=1S/C12H15N3.CH3NO/c1-9-10(2)14-15(12(9)13-3)11-7-5-4-6-8-11;2-1-3/h4-8,13H,1-3H3;1H,(H2,2,3). The lowest BCUT2D eigenvalue weighted by atomic mass is 10.2. The summed E-state index contributed by atoms with van der Waals surface area (Å²) in [5.74, 6) is 1.05. The van der Waals surface area contributed by atoms with Crippen LogP contribution in [0.2, 0.25) is 0 Å². The number of rotatable bonds is 2. The van der Waals surface area contributed by atoms with E-state index in [0.717, 1.165) is 17.2 Å². The number of amides is 1. The van der Waals surface area contributed by atoms with Crippen molar-refractivity contribution in [2.45, 2.75) is 13.8 Å². The number of nitrogens with zero attached hydrogens (tertiary/aromatic N) is 2. The van der Waals surface area contributed by atoms with E-state index in [1.807, 2.05) is 49.0 Å². The van der Waals surface area contributed by atoms with Crippen molar-refractivity contribution < 1.29 is 4.79 Å². The lowest BCUT2D eigenvalue weighted by molar-refractivity contribution is -0.106. The van der Waals surface area contributed by atoms with Crippen LogP contribution < -0.4 is 11.1 Å². The lowest BCUT2D eigenvalue weighted by Crippen LogP contribution is -2.02. The van der Waals surface area contributed by atoms with E-state index in [2.05, 4.69) is 23.1 Å². The van der Waals surface area contributed by atoms with Gasteiger partial charge in [-0.25, -0.2) is 4.68 Å². The molecule has 5 heteroatoms. The molecule has 1 amide bonds. The molecular weight excluding hydrogens is 228 g/mol. The first-order chi connectivity index (χ1) is 8.65. The quantitative estimate of drug-likeness (QED) is 0.791. The summed E-state index contributed by atoms with van der Waals surface area (Å²) in [7, 11) is 1.92. The Bertz CT molecular complexity index is 505. The van der Waals surface area contributed by atoms with Crippen LogP contribution in [0.5, 0.6) is 0 Å². The van der Waals surface area contributed by atoms with Crippen LogP contribution in [0.3, 0.4) is 0 Å². The van der Waals surface area contributed by atoms with Crippen molar-refractivity contribution in [2.24, 2.45) is 5.73 Å². The molecule has 18 heavy (non-hydrogen) atoms. The number of aromatic nitrogens is 2. The van der Waals surface area contributed by atoms with Gasteiger partial charge in [0, 0.05) is 12.6 Å². The van der Waals surface area contributed by atoms with Crippen LogP contribution in [0, 0.1) is 13.8 Å². The maximum absolute atomic E-state index is 8.58. The third-order valence-electron chi connectivity index (χ3n) is 2.60. The molecule has 0 saturated heterocycles. The molecule has 1 aromatic heterocycles. The van der Waals surface area contributed by atoms with Crippen LogP contribution in [0.15, 0.2) is 30.3 Å². The summed E-state index contributed by atoms with van der Waals surface area (Å²) < 4.78 is 1.94. The van der Waals surface area contributed by atoms with Gasteiger partial charge in [-0.1, -0.05) is 18.2 Å². The first-order valence-electron chi connectivity index (χ1n) is 5.60. The number of carbonyl (C=O) groups is 1. The van der Waals surface area contributed by atoms with Crippen molar-refractivity contribution in [3.63, 3.8) is 0 Å². The van der Waals surface area contributed by atoms with Crippen molar-refractivity contribution in [3.8, 4) is 5.69 Å². The van der Waals surface area contributed by atoms with E-state index >= 15 is 0 Å². The Kier molecular flexibility index (Phi) is 4.92. The Hall–Kier alpha value is -2.30. The number of hydrogen-bond donors (Lipinski definition) is 2. The van der Waals surface area contributed by atoms with Crippen molar-refractivity contribution in [1.29, 1.82) is 0 Å². The number of nitrogens with one attached hydrogen (secondary N) is 1. The topological polar surface area (TPSA) is 72.9 Å². The Morgan fingerprint density at radius 3 is 2.33 bits per heavy atom. The predicted octanol–water partition coefficient (Wildman–Crippen LogP) is 1.63. The zero-order valence-electron chi connectivity index (χ0n) is 10.8. The van der Waals surface area contributed by atoms with Crippen molar-refractivity contribution >= 4 is 12.2 Å². The van der Waals surface area contributed by atoms with Crippen LogP contribution in [0.4, 0.5) is 5.82 Å². The molecule has 1 aromatic carbocycles. The maximum atomic E-state index is 8.58. The highest BCUT2D eigenvalue weighted by Gasteiger charge is 2.10. The second kappa shape index (κ2) is 6.44. The Morgan fingerprint density at radius 1 is 1.28 bits per heavy atom. The van der Waals surface area contributed by atoms with Crippen LogP contribution in [-0.2, 0) is 4.79 Å². The molecule has 0 aliphatic rings. The van der Waals surface area contributed by atoms with Crippen molar-refractivity contribution in [1.82, 2.24) is 9.78 Å². The van der Waals surface area contributed by atoms with Crippen molar-refractivity contribution in [3.05, 3.63) is 41.6 Å². The number of carbonyl (C=O) groups excluding carboxylic acids is 1. The molecule has 0 saturated carbocycles. The molecule has 96 valence electrons. The Balaban J connectivity index is 0.000000492. The van der Waals surface area contributed by atoms with Gasteiger partial charge >= 0.3 is 0 Å². The second-order valence-electron chi connectivity index (χ2n) is 3.69. The van der Waals surface area contributed by atoms with Gasteiger partial charge in [-0.3, -0.25) is 4.79 Å². The van der Waals surface area contributed by atoms with Crippen LogP contribution in [0.25, 0.3) is 5.69 Å². The van der Waals surface area contributed by atoms with Crippen LogP contribution in [0.1, 0.15) is 11.3 Å². The van der Waals surface area contributed by atoms with Gasteiger partial charge in [0.1, 0.15) is 5.82 Å². The van der Waals surface area contributed by atoms with Gasteiger partial charge in [-0.2, -0.15) is 5.10 Å². The molecule has 5 nitrogen and oxygen atoms in total. The second-order valence-corrected chi connectivity index (χ2v) is 3.69. The number of benzene rings is 1. The summed E-state index contributed by atoms with van der Waals surface area (Å²) >= 11 is 0. The molecule has 0 fully saturated rings. The Labute approximate surface area is 107 Å². The summed E-state index contributed by atoms with van der Waals surface area (Å²) in [5.41, 5.74) is 7.50. The van der Waals surface area contributed by atoms with E-state index in [1.54, 1.807) is 0 Å². The number of anilines is 1. The highest BCUT2D eigenvalue weighted by Crippen LogP contribution is 2.21. The average Bonchev–Trinajstić information content (AvgIpc) is 2.67. The molecule has 0 spiro atoms. The largest absolute Gasteiger partial charge is 0.373 e. The zero-order chi connectivity index (χ0) is 13.5. The predicted molar refractivity (Wildman–Crippen MR) is 72.8 cm³/mol. The molecule has 2 aromatic rings. The third-order valence-corrected chi connectivity index (χ3v) is 2.60. The number of primary amides is 1. The van der Waals surface area contributed by atoms with Gasteiger partial charge in [0.05, 0.1) is 11.4 Å². The number of aryl methyl sites for hydroxylation is 1. The molecule has 0 aliphatic carbocycles. The molecule has 1 heterocycles. The minimum absolute atomic E-state index is 0.250. The monoisotopic (exact) mass is 246 g/mol. The van der Waals surface area contributed by atoms with Gasteiger partial charge in [0.25, 0.3) is 0 Å². The molecule has 0 atom stereocenters. The van der Waals surface area contributed by atoms with Gasteiger partial charge < -0.3 is 11.1 Å². The smallest absolute Gasteiger partial charge is 0.204 e. The molecule has 3 N–H and O–H groups in total. The Morgan fingerprint density at radius 2 is 1.83 bits per heavy atom. The first-order valence-corrected chi connectivity index (χ1v) is 5.60. The van der Waals surface area contributed by atoms with E-state index < -0.39 is 0 Å². The highest BCUT2D eigenvalue weighted by atomic mass is 16.1. The summed E-state index contributed by atoms with van der Waals surface area (Å²) in [4.78, 5) is 8.58. The minimum atomic E-state index is 0.250. The number of nitrogens with two attached hydrogens (primary N) is 1. The molecular formula is C13H18N4O. The zero-order valence-corrected chi connectivity index (χ0v) is 10.8. The molecule has 0 aliphatic heterocycles. The van der Waals surface area contributed by atoms with E-state index in [-0.39, 0.29) is 6.41 Å². The van der Waals surface area contributed by atoms with Gasteiger partial charge in [0.15, 0.2) is 0 Å². The van der Waals surface area contributed by atoms with Gasteiger partial charge in [0.2, 0.25) is 6.41 Å². The van der Waals surface area contributed by atoms with E-state index in [1.165, 1.54) is 5.56 Å². The van der Waals surface area contributed by atoms with Crippen LogP contribution >= 0.6 is 0 Å². The van der Waals surface area contributed by atoms with Crippen molar-refractivity contribution in [2.75, 3.05) is 12.4 Å². The SMILES string of the molecule is CNc1c(C)c(C)nn1-c1ccccc1.NC=O. The van der Waals surface area contributed by atoms with E-state index in [9.17, 15) is 0 Å². The fraction of sp³-hybridized carbons (Fsp3) is 0.231. The molecule has 0 radical (unpaired) electrons. The maximum Gasteiger partial charge on any atom is 0.204 e. The third kappa shape index (κ3) is 2.88. The summed E-state index contributed by atoms with van der Waals surface area (Å²) in [6, 6.07) is 10.1. The highest BCUT2D eigenvalue weighted by molar-refractivity contribution is 5.52. The normalized spacial score (nSPS) is 9.28.